The first-order chi connectivity index (χ1) is 12.9. The number of benzene rings is 1. The molecule has 6 nitrogen and oxygen atoms in total. The lowest BCUT2D eigenvalue weighted by atomic mass is 10.1. The molecule has 0 saturated carbocycles. The van der Waals surface area contributed by atoms with Crippen molar-refractivity contribution >= 4 is 21.2 Å². The Morgan fingerprint density at radius 2 is 1.96 bits per heavy atom. The number of nitrogens with zero attached hydrogens (tertiary/aromatic N) is 2. The third-order valence-electron chi connectivity index (χ3n) is 4.14. The van der Waals surface area contributed by atoms with Gasteiger partial charge in [-0.05, 0) is 23.8 Å². The van der Waals surface area contributed by atoms with Gasteiger partial charge in [0.2, 0.25) is 0 Å². The predicted octanol–water partition coefficient (Wildman–Crippen LogP) is 3.22. The van der Waals surface area contributed by atoms with Crippen molar-refractivity contribution in [1.29, 1.82) is 5.26 Å². The van der Waals surface area contributed by atoms with Crippen LogP contribution in [0.25, 0.3) is 0 Å². The molecule has 1 aliphatic rings. The first kappa shape index (κ1) is 20.0. The second-order valence-corrected chi connectivity index (χ2v) is 7.90. The summed E-state index contributed by atoms with van der Waals surface area (Å²) in [6.07, 6.45) is -1.43. The van der Waals surface area contributed by atoms with Gasteiger partial charge in [-0.2, -0.15) is 18.4 Å². The van der Waals surface area contributed by atoms with Crippen molar-refractivity contribution in [2.45, 2.75) is 28.9 Å². The van der Waals surface area contributed by atoms with Crippen LogP contribution in [0.3, 0.4) is 0 Å². The van der Waals surface area contributed by atoms with Gasteiger partial charge in [0.05, 0.1) is 22.3 Å². The molecule has 0 saturated heterocycles. The first-order valence-electron chi connectivity index (χ1n) is 7.53. The van der Waals surface area contributed by atoms with Crippen molar-refractivity contribution in [1.82, 2.24) is 4.98 Å². The number of sulfone groups is 1. The molecule has 0 amide bonds. The normalized spacial score (nSPS) is 18.4. The first-order valence-corrected chi connectivity index (χ1v) is 9.02. The highest BCUT2D eigenvalue weighted by molar-refractivity contribution is 7.92. The summed E-state index contributed by atoms with van der Waals surface area (Å²) in [5, 5.41) is 21.3. The summed E-state index contributed by atoms with van der Waals surface area (Å²) in [5.41, 5.74) is -7.04. The number of halogens is 5. The van der Waals surface area contributed by atoms with Gasteiger partial charge in [0.25, 0.3) is 15.8 Å². The molecule has 3 rings (SSSR count). The molecule has 1 atom stereocenters. The van der Waals surface area contributed by atoms with Gasteiger partial charge in [-0.25, -0.2) is 17.2 Å². The van der Waals surface area contributed by atoms with E-state index in [1.165, 1.54) is 18.5 Å². The highest BCUT2D eigenvalue weighted by Crippen LogP contribution is 2.50. The highest BCUT2D eigenvalue weighted by atomic mass is 32.2. The fourth-order valence-electron chi connectivity index (χ4n) is 2.88. The van der Waals surface area contributed by atoms with Gasteiger partial charge in [0.15, 0.2) is 0 Å². The molecular weight excluding hydrogens is 409 g/mol. The number of aromatic nitrogens is 1. The summed E-state index contributed by atoms with van der Waals surface area (Å²) in [4.78, 5) is 2.33. The summed E-state index contributed by atoms with van der Waals surface area (Å²) >= 11 is 0. The van der Waals surface area contributed by atoms with E-state index in [2.05, 4.69) is 10.3 Å². The zero-order valence-corrected chi connectivity index (χ0v) is 14.4. The summed E-state index contributed by atoms with van der Waals surface area (Å²) in [7, 11) is -5.96. The maximum absolute atomic E-state index is 14.0. The van der Waals surface area contributed by atoms with Crippen LogP contribution in [0.15, 0.2) is 35.5 Å². The van der Waals surface area contributed by atoms with Gasteiger partial charge in [-0.3, -0.25) is 4.98 Å². The minimum absolute atomic E-state index is 0.128. The fourth-order valence-corrected chi connectivity index (χ4v) is 3.90. The van der Waals surface area contributed by atoms with Crippen LogP contribution in [-0.2, 0) is 16.3 Å². The summed E-state index contributed by atoms with van der Waals surface area (Å²) < 4.78 is 90.4. The van der Waals surface area contributed by atoms with Gasteiger partial charge >= 0.3 is 5.51 Å². The van der Waals surface area contributed by atoms with Gasteiger partial charge in [-0.15, -0.1) is 0 Å². The number of aliphatic hydroxyl groups excluding tert-OH is 1. The van der Waals surface area contributed by atoms with Crippen molar-refractivity contribution in [3.8, 4) is 6.07 Å². The number of rotatable bonds is 3. The van der Waals surface area contributed by atoms with Gasteiger partial charge < -0.3 is 10.4 Å². The number of fused-ring (bicyclic) bond motifs is 1. The Labute approximate surface area is 155 Å². The van der Waals surface area contributed by atoms with E-state index in [1.807, 2.05) is 0 Å². The van der Waals surface area contributed by atoms with Crippen molar-refractivity contribution in [2.24, 2.45) is 0 Å². The van der Waals surface area contributed by atoms with Crippen LogP contribution < -0.4 is 5.32 Å². The Kier molecular flexibility index (Phi) is 4.55. The number of pyridine rings is 1. The van der Waals surface area contributed by atoms with Crippen molar-refractivity contribution in [3.05, 3.63) is 47.3 Å². The minimum Gasteiger partial charge on any atom is -0.382 e. The van der Waals surface area contributed by atoms with Crippen LogP contribution in [-0.4, -0.2) is 29.9 Å². The van der Waals surface area contributed by atoms with Crippen LogP contribution in [0.4, 0.5) is 33.3 Å². The van der Waals surface area contributed by atoms with Gasteiger partial charge in [0.1, 0.15) is 12.2 Å². The van der Waals surface area contributed by atoms with Gasteiger partial charge in [-0.1, -0.05) is 0 Å². The third-order valence-corrected chi connectivity index (χ3v) is 5.69. The number of anilines is 2. The molecule has 1 aromatic heterocycles. The number of aliphatic hydroxyl groups is 1. The molecule has 28 heavy (non-hydrogen) atoms. The highest BCUT2D eigenvalue weighted by Gasteiger charge is 2.54. The van der Waals surface area contributed by atoms with E-state index in [0.29, 0.717) is 6.07 Å². The standard InChI is InChI=1S/C16H10F5N3O3S/c17-15(18)4-10-11(24-9-3-8(5-22)6-23-7-9)1-2-12(13(10)14(15)25)28(26,27)16(19,20)21/h1-3,6-7,14,24-25H,4H2/t14-/m0/s1. The third kappa shape index (κ3) is 3.16. The molecule has 0 radical (unpaired) electrons. The molecule has 1 aromatic carbocycles. The molecule has 148 valence electrons. The Balaban J connectivity index is 2.18. The molecule has 1 heterocycles. The zero-order valence-electron chi connectivity index (χ0n) is 13.6. The van der Waals surface area contributed by atoms with Crippen molar-refractivity contribution in [2.75, 3.05) is 5.32 Å². The van der Waals surface area contributed by atoms with Crippen molar-refractivity contribution < 1.29 is 35.5 Å². The summed E-state index contributed by atoms with van der Waals surface area (Å²) in [6, 6.07) is 4.52. The smallest absolute Gasteiger partial charge is 0.382 e. The predicted molar refractivity (Wildman–Crippen MR) is 85.5 cm³/mol. The Morgan fingerprint density at radius 1 is 1.29 bits per heavy atom. The maximum atomic E-state index is 14.0. The maximum Gasteiger partial charge on any atom is 0.501 e. The number of hydrogen-bond donors (Lipinski definition) is 2. The van der Waals surface area contributed by atoms with Crippen LogP contribution >= 0.6 is 0 Å². The van der Waals surface area contributed by atoms with E-state index in [4.69, 9.17) is 5.26 Å². The quantitative estimate of drug-likeness (QED) is 0.741. The number of nitriles is 1. The van der Waals surface area contributed by atoms with Crippen LogP contribution in [0.2, 0.25) is 0 Å². The van der Waals surface area contributed by atoms with Crippen LogP contribution in [0.5, 0.6) is 0 Å². The van der Waals surface area contributed by atoms with Gasteiger partial charge in [0, 0.05) is 23.9 Å². The molecule has 0 aliphatic heterocycles. The fraction of sp³-hybridized carbons (Fsp3) is 0.250. The van der Waals surface area contributed by atoms with E-state index in [1.54, 1.807) is 6.07 Å². The second-order valence-electron chi connectivity index (χ2n) is 5.99. The SMILES string of the molecule is N#Cc1cncc(Nc2ccc(S(=O)(=O)C(F)(F)F)c3c2CC(F)(F)[C@H]3O)c1. The summed E-state index contributed by atoms with van der Waals surface area (Å²) in [5.74, 6) is -3.86. The number of hydrogen-bond acceptors (Lipinski definition) is 6. The van der Waals surface area contributed by atoms with E-state index >= 15 is 0 Å². The lowest BCUT2D eigenvalue weighted by molar-refractivity contribution is -0.0977. The summed E-state index contributed by atoms with van der Waals surface area (Å²) in [6.45, 7) is 0. The molecule has 0 bridgehead atoms. The second kappa shape index (κ2) is 6.39. The van der Waals surface area contributed by atoms with E-state index in [0.717, 1.165) is 6.07 Å². The van der Waals surface area contributed by atoms with E-state index < -0.39 is 49.8 Å². The largest absolute Gasteiger partial charge is 0.501 e. The topological polar surface area (TPSA) is 103 Å². The average molecular weight is 419 g/mol. The molecule has 12 heteroatoms. The number of nitrogens with one attached hydrogen (secondary N) is 1. The lowest BCUT2D eigenvalue weighted by Gasteiger charge is -2.18. The average Bonchev–Trinajstić information content (AvgIpc) is 2.85. The molecule has 0 fully saturated rings. The molecule has 0 unspecified atom stereocenters. The van der Waals surface area contributed by atoms with E-state index in [-0.39, 0.29) is 16.9 Å². The Morgan fingerprint density at radius 3 is 2.57 bits per heavy atom. The molecule has 2 N–H and O–H groups in total. The monoisotopic (exact) mass is 419 g/mol. The Hall–Kier alpha value is -2.78. The Bertz CT molecular complexity index is 1090. The minimum atomic E-state index is -5.96. The van der Waals surface area contributed by atoms with Crippen LogP contribution in [0.1, 0.15) is 22.8 Å². The molecule has 1 aliphatic carbocycles. The van der Waals surface area contributed by atoms with Crippen molar-refractivity contribution in [3.63, 3.8) is 0 Å². The van der Waals surface area contributed by atoms with E-state index in [9.17, 15) is 35.5 Å². The lowest BCUT2D eigenvalue weighted by Crippen LogP contribution is -2.26. The molecular formula is C16H10F5N3O3S. The van der Waals surface area contributed by atoms with Crippen LogP contribution in [0, 0.1) is 11.3 Å². The molecule has 2 aromatic rings. The molecule has 0 spiro atoms. The zero-order chi connectivity index (χ0) is 20.9. The number of alkyl halides is 5.